The third kappa shape index (κ3) is 4.02. The molecule has 0 amide bonds. The molecule has 20 heavy (non-hydrogen) atoms. The summed E-state index contributed by atoms with van der Waals surface area (Å²) < 4.78 is 0. The van der Waals surface area contributed by atoms with Crippen molar-refractivity contribution in [2.45, 2.75) is 72.3 Å². The SMILES string of the molecule is Cc1nc(C(C)(C)C)nc(C)c1CC(C)CNC1CC1. The Labute approximate surface area is 123 Å². The fourth-order valence-electron chi connectivity index (χ4n) is 2.45. The highest BCUT2D eigenvalue weighted by Gasteiger charge is 2.22. The summed E-state index contributed by atoms with van der Waals surface area (Å²) in [5, 5.41) is 3.61. The van der Waals surface area contributed by atoms with E-state index in [0.29, 0.717) is 5.92 Å². The maximum atomic E-state index is 4.73. The zero-order valence-electron chi connectivity index (χ0n) is 13.9. The molecule has 1 fully saturated rings. The van der Waals surface area contributed by atoms with Crippen molar-refractivity contribution in [3.05, 3.63) is 22.8 Å². The van der Waals surface area contributed by atoms with Crippen LogP contribution in [0.15, 0.2) is 0 Å². The zero-order chi connectivity index (χ0) is 14.9. The number of nitrogens with zero attached hydrogens (tertiary/aromatic N) is 2. The van der Waals surface area contributed by atoms with Crippen LogP contribution in [0.5, 0.6) is 0 Å². The second-order valence-electron chi connectivity index (χ2n) is 7.44. The number of aromatic nitrogens is 2. The minimum absolute atomic E-state index is 0.0210. The molecule has 1 N–H and O–H groups in total. The van der Waals surface area contributed by atoms with E-state index in [9.17, 15) is 0 Å². The molecule has 1 saturated carbocycles. The van der Waals surface area contributed by atoms with Gasteiger partial charge < -0.3 is 5.32 Å². The quantitative estimate of drug-likeness (QED) is 0.896. The number of nitrogens with one attached hydrogen (secondary N) is 1. The Kier molecular flexibility index (Phi) is 4.48. The molecule has 1 aromatic rings. The number of aryl methyl sites for hydroxylation is 2. The van der Waals surface area contributed by atoms with Crippen molar-refractivity contribution in [1.82, 2.24) is 15.3 Å². The first kappa shape index (κ1) is 15.4. The van der Waals surface area contributed by atoms with Crippen LogP contribution in [0.1, 0.15) is 63.3 Å². The van der Waals surface area contributed by atoms with E-state index < -0.39 is 0 Å². The topological polar surface area (TPSA) is 37.8 Å². The molecule has 0 spiro atoms. The van der Waals surface area contributed by atoms with Crippen LogP contribution in [0.4, 0.5) is 0 Å². The van der Waals surface area contributed by atoms with Crippen molar-refractivity contribution >= 4 is 0 Å². The minimum Gasteiger partial charge on any atom is -0.314 e. The maximum Gasteiger partial charge on any atom is 0.134 e. The third-order valence-corrected chi connectivity index (χ3v) is 3.98. The van der Waals surface area contributed by atoms with Gasteiger partial charge in [0.05, 0.1) is 0 Å². The van der Waals surface area contributed by atoms with Crippen LogP contribution in [0.25, 0.3) is 0 Å². The second-order valence-corrected chi connectivity index (χ2v) is 7.44. The first-order valence-corrected chi connectivity index (χ1v) is 7.85. The van der Waals surface area contributed by atoms with E-state index in [1.54, 1.807) is 0 Å². The van der Waals surface area contributed by atoms with E-state index in [2.05, 4.69) is 46.9 Å². The van der Waals surface area contributed by atoms with Gasteiger partial charge in [-0.2, -0.15) is 0 Å². The molecule has 0 bridgehead atoms. The van der Waals surface area contributed by atoms with Gasteiger partial charge in [-0.15, -0.1) is 0 Å². The van der Waals surface area contributed by atoms with E-state index in [4.69, 9.17) is 9.97 Å². The molecule has 1 atom stereocenters. The molecule has 0 aromatic carbocycles. The Morgan fingerprint density at radius 1 is 1.15 bits per heavy atom. The average Bonchev–Trinajstić information content (AvgIpc) is 3.13. The predicted octanol–water partition coefficient (Wildman–Crippen LogP) is 3.32. The Bertz CT molecular complexity index is 447. The molecule has 2 rings (SSSR count). The average molecular weight is 275 g/mol. The molecule has 1 unspecified atom stereocenters. The van der Waals surface area contributed by atoms with Crippen LogP contribution in [0.3, 0.4) is 0 Å². The lowest BCUT2D eigenvalue weighted by molar-refractivity contribution is 0.500. The van der Waals surface area contributed by atoms with Gasteiger partial charge in [-0.3, -0.25) is 0 Å². The van der Waals surface area contributed by atoms with Crippen LogP contribution in [0.2, 0.25) is 0 Å². The predicted molar refractivity (Wildman–Crippen MR) is 84.1 cm³/mol. The van der Waals surface area contributed by atoms with Crippen LogP contribution >= 0.6 is 0 Å². The first-order valence-electron chi connectivity index (χ1n) is 7.85. The van der Waals surface area contributed by atoms with Crippen molar-refractivity contribution in [3.63, 3.8) is 0 Å². The third-order valence-electron chi connectivity index (χ3n) is 3.98. The normalized spacial score (nSPS) is 17.3. The largest absolute Gasteiger partial charge is 0.314 e. The lowest BCUT2D eigenvalue weighted by Gasteiger charge is -2.21. The van der Waals surface area contributed by atoms with Crippen LogP contribution < -0.4 is 5.32 Å². The van der Waals surface area contributed by atoms with Crippen molar-refractivity contribution in [3.8, 4) is 0 Å². The van der Waals surface area contributed by atoms with E-state index in [0.717, 1.165) is 36.2 Å². The van der Waals surface area contributed by atoms with Gasteiger partial charge in [-0.25, -0.2) is 9.97 Å². The van der Waals surface area contributed by atoms with Crippen LogP contribution in [-0.2, 0) is 11.8 Å². The Morgan fingerprint density at radius 3 is 2.15 bits per heavy atom. The molecule has 1 aliphatic rings. The fourth-order valence-corrected chi connectivity index (χ4v) is 2.45. The number of rotatable bonds is 5. The molecule has 3 heteroatoms. The monoisotopic (exact) mass is 275 g/mol. The Balaban J connectivity index is 2.07. The number of hydrogen-bond acceptors (Lipinski definition) is 3. The van der Waals surface area contributed by atoms with E-state index in [1.165, 1.54) is 18.4 Å². The summed E-state index contributed by atoms with van der Waals surface area (Å²) >= 11 is 0. The summed E-state index contributed by atoms with van der Waals surface area (Å²) in [5.74, 6) is 1.59. The van der Waals surface area contributed by atoms with Crippen molar-refractivity contribution in [1.29, 1.82) is 0 Å². The van der Waals surface area contributed by atoms with Gasteiger partial charge in [0.2, 0.25) is 0 Å². The second kappa shape index (κ2) is 5.80. The molecular formula is C17H29N3. The van der Waals surface area contributed by atoms with Crippen LogP contribution in [0, 0.1) is 19.8 Å². The standard InChI is InChI=1S/C17H29N3/c1-11(10-18-14-7-8-14)9-15-12(2)19-16(17(4,5)6)20-13(15)3/h11,14,18H,7-10H2,1-6H3. The summed E-state index contributed by atoms with van der Waals surface area (Å²) in [6, 6.07) is 0.791. The van der Waals surface area contributed by atoms with Gasteiger partial charge in [-0.05, 0) is 51.1 Å². The lowest BCUT2D eigenvalue weighted by Crippen LogP contribution is -2.25. The van der Waals surface area contributed by atoms with Gasteiger partial charge >= 0.3 is 0 Å². The van der Waals surface area contributed by atoms with Gasteiger partial charge in [0.1, 0.15) is 5.82 Å². The van der Waals surface area contributed by atoms with Gasteiger partial charge in [0.25, 0.3) is 0 Å². The summed E-state index contributed by atoms with van der Waals surface area (Å²) in [4.78, 5) is 9.47. The highest BCUT2D eigenvalue weighted by Crippen LogP contribution is 2.23. The summed E-state index contributed by atoms with van der Waals surface area (Å²) in [6.45, 7) is 14.2. The van der Waals surface area contributed by atoms with Gasteiger partial charge in [-0.1, -0.05) is 27.7 Å². The maximum absolute atomic E-state index is 4.73. The molecule has 0 radical (unpaired) electrons. The highest BCUT2D eigenvalue weighted by molar-refractivity contribution is 5.26. The molecule has 3 nitrogen and oxygen atoms in total. The zero-order valence-corrected chi connectivity index (χ0v) is 13.9. The van der Waals surface area contributed by atoms with Crippen molar-refractivity contribution in [2.24, 2.45) is 5.92 Å². The number of hydrogen-bond donors (Lipinski definition) is 1. The molecule has 1 aromatic heterocycles. The van der Waals surface area contributed by atoms with E-state index in [-0.39, 0.29) is 5.41 Å². The highest BCUT2D eigenvalue weighted by atomic mass is 14.9. The first-order chi connectivity index (χ1) is 9.27. The van der Waals surface area contributed by atoms with Gasteiger partial charge in [0, 0.05) is 22.8 Å². The smallest absolute Gasteiger partial charge is 0.134 e. The Hall–Kier alpha value is -0.960. The minimum atomic E-state index is 0.0210. The molecule has 0 aliphatic heterocycles. The van der Waals surface area contributed by atoms with Crippen molar-refractivity contribution in [2.75, 3.05) is 6.54 Å². The molecule has 1 aliphatic carbocycles. The van der Waals surface area contributed by atoms with Gasteiger partial charge in [0.15, 0.2) is 0 Å². The van der Waals surface area contributed by atoms with Crippen LogP contribution in [-0.4, -0.2) is 22.6 Å². The van der Waals surface area contributed by atoms with E-state index in [1.807, 2.05) is 0 Å². The molecule has 112 valence electrons. The molecular weight excluding hydrogens is 246 g/mol. The lowest BCUT2D eigenvalue weighted by atomic mass is 9.93. The van der Waals surface area contributed by atoms with Crippen molar-refractivity contribution < 1.29 is 0 Å². The Morgan fingerprint density at radius 2 is 1.70 bits per heavy atom. The summed E-state index contributed by atoms with van der Waals surface area (Å²) in [6.07, 6.45) is 3.78. The summed E-state index contributed by atoms with van der Waals surface area (Å²) in [5.41, 5.74) is 3.66. The molecule has 1 heterocycles. The van der Waals surface area contributed by atoms with E-state index >= 15 is 0 Å². The summed E-state index contributed by atoms with van der Waals surface area (Å²) in [7, 11) is 0. The molecule has 0 saturated heterocycles. The fraction of sp³-hybridized carbons (Fsp3) is 0.765.